The van der Waals surface area contributed by atoms with E-state index >= 15 is 0 Å². The highest BCUT2D eigenvalue weighted by molar-refractivity contribution is 6.30. The highest BCUT2D eigenvalue weighted by Crippen LogP contribution is 2.20. The van der Waals surface area contributed by atoms with Crippen LogP contribution in [0.4, 0.5) is 5.69 Å². The summed E-state index contributed by atoms with van der Waals surface area (Å²) in [5.41, 5.74) is 2.70. The minimum absolute atomic E-state index is 0.148. The maximum Gasteiger partial charge on any atom is 0.226 e. The average molecular weight is 331 g/mol. The molecule has 0 heterocycles. The van der Waals surface area contributed by atoms with Gasteiger partial charge in [0.05, 0.1) is 12.5 Å². The van der Waals surface area contributed by atoms with E-state index in [-0.39, 0.29) is 18.2 Å². The van der Waals surface area contributed by atoms with Crippen LogP contribution in [-0.2, 0) is 9.59 Å². The maximum absolute atomic E-state index is 12.2. The molecule has 0 saturated carbocycles. The molecule has 4 nitrogen and oxygen atoms in total. The fourth-order valence-electron chi connectivity index (χ4n) is 2.23. The second kappa shape index (κ2) is 7.79. The second-order valence-electron chi connectivity index (χ2n) is 5.42. The Kier molecular flexibility index (Phi) is 5.77. The lowest BCUT2D eigenvalue weighted by Crippen LogP contribution is -2.29. The number of nitrogens with one attached hydrogen (secondary N) is 2. The molecule has 2 rings (SSSR count). The van der Waals surface area contributed by atoms with E-state index in [1.54, 1.807) is 12.1 Å². The van der Waals surface area contributed by atoms with Crippen molar-refractivity contribution in [2.24, 2.45) is 0 Å². The third kappa shape index (κ3) is 5.42. The zero-order chi connectivity index (χ0) is 16.8. The number of hydrogen-bond acceptors (Lipinski definition) is 2. The van der Waals surface area contributed by atoms with E-state index in [0.717, 1.165) is 16.8 Å². The predicted octanol–water partition coefficient (Wildman–Crippen LogP) is 3.85. The molecule has 23 heavy (non-hydrogen) atoms. The van der Waals surface area contributed by atoms with Crippen LogP contribution in [0.3, 0.4) is 0 Å². The van der Waals surface area contributed by atoms with Gasteiger partial charge in [-0.25, -0.2) is 0 Å². The Morgan fingerprint density at radius 2 is 1.65 bits per heavy atom. The number of benzene rings is 2. The number of aryl methyl sites for hydroxylation is 1. The molecule has 2 aromatic rings. The van der Waals surface area contributed by atoms with Gasteiger partial charge in [0, 0.05) is 17.6 Å². The number of rotatable bonds is 5. The molecule has 0 radical (unpaired) electrons. The first-order chi connectivity index (χ1) is 10.9. The summed E-state index contributed by atoms with van der Waals surface area (Å²) in [6, 6.07) is 14.3. The lowest BCUT2D eigenvalue weighted by Gasteiger charge is -2.18. The van der Waals surface area contributed by atoms with Gasteiger partial charge in [0.25, 0.3) is 0 Å². The zero-order valence-electron chi connectivity index (χ0n) is 13.1. The van der Waals surface area contributed by atoms with Gasteiger partial charge in [0.2, 0.25) is 11.8 Å². The molecule has 2 N–H and O–H groups in total. The summed E-state index contributed by atoms with van der Waals surface area (Å²) < 4.78 is 0. The van der Waals surface area contributed by atoms with E-state index in [1.807, 2.05) is 43.3 Å². The third-order valence-electron chi connectivity index (χ3n) is 3.37. The normalized spacial score (nSPS) is 11.6. The summed E-state index contributed by atoms with van der Waals surface area (Å²) in [5, 5.41) is 6.25. The van der Waals surface area contributed by atoms with E-state index in [9.17, 15) is 9.59 Å². The molecule has 5 heteroatoms. The lowest BCUT2D eigenvalue weighted by molar-refractivity contribution is -0.120. The molecule has 0 aliphatic heterocycles. The number of hydrogen-bond donors (Lipinski definition) is 2. The number of amides is 2. The molecule has 1 atom stereocenters. The van der Waals surface area contributed by atoms with Crippen molar-refractivity contribution in [3.05, 3.63) is 64.7 Å². The van der Waals surface area contributed by atoms with Crippen LogP contribution in [0.2, 0.25) is 5.02 Å². The number of carbonyl (C=O) groups excluding carboxylic acids is 2. The van der Waals surface area contributed by atoms with Crippen LogP contribution in [0.5, 0.6) is 0 Å². The SMILES string of the molecule is CC(=O)NC(CC(=O)Nc1ccc(C)cc1)c1ccc(Cl)cc1. The van der Waals surface area contributed by atoms with E-state index < -0.39 is 6.04 Å². The van der Waals surface area contributed by atoms with Crippen molar-refractivity contribution in [1.29, 1.82) is 0 Å². The predicted molar refractivity (Wildman–Crippen MR) is 92.4 cm³/mol. The minimum atomic E-state index is -0.393. The molecule has 120 valence electrons. The number of halogens is 1. The van der Waals surface area contributed by atoms with Crippen molar-refractivity contribution >= 4 is 29.1 Å². The van der Waals surface area contributed by atoms with Crippen molar-refractivity contribution in [3.63, 3.8) is 0 Å². The Balaban J connectivity index is 2.07. The molecule has 0 aliphatic carbocycles. The van der Waals surface area contributed by atoms with Gasteiger partial charge in [-0.15, -0.1) is 0 Å². The molecular formula is C18H19ClN2O2. The first-order valence-corrected chi connectivity index (χ1v) is 7.71. The van der Waals surface area contributed by atoms with Crippen LogP contribution in [0.25, 0.3) is 0 Å². The van der Waals surface area contributed by atoms with E-state index in [4.69, 9.17) is 11.6 Å². The van der Waals surface area contributed by atoms with Gasteiger partial charge in [-0.1, -0.05) is 41.4 Å². The zero-order valence-corrected chi connectivity index (χ0v) is 13.9. The van der Waals surface area contributed by atoms with Gasteiger partial charge in [-0.05, 0) is 36.8 Å². The van der Waals surface area contributed by atoms with Crippen molar-refractivity contribution in [2.45, 2.75) is 26.3 Å². The molecule has 0 spiro atoms. The van der Waals surface area contributed by atoms with Gasteiger partial charge in [0.15, 0.2) is 0 Å². The van der Waals surface area contributed by atoms with Gasteiger partial charge >= 0.3 is 0 Å². The molecule has 2 aromatic carbocycles. The smallest absolute Gasteiger partial charge is 0.226 e. The van der Waals surface area contributed by atoms with Gasteiger partial charge in [-0.3, -0.25) is 9.59 Å². The summed E-state index contributed by atoms with van der Waals surface area (Å²) in [5.74, 6) is -0.351. The summed E-state index contributed by atoms with van der Waals surface area (Å²) in [4.78, 5) is 23.6. The Labute approximate surface area is 140 Å². The van der Waals surface area contributed by atoms with E-state index in [2.05, 4.69) is 10.6 Å². The Hall–Kier alpha value is -2.33. The van der Waals surface area contributed by atoms with E-state index in [1.165, 1.54) is 6.92 Å². The highest BCUT2D eigenvalue weighted by Gasteiger charge is 2.17. The highest BCUT2D eigenvalue weighted by atomic mass is 35.5. The lowest BCUT2D eigenvalue weighted by atomic mass is 10.0. The summed E-state index contributed by atoms with van der Waals surface area (Å²) >= 11 is 5.88. The summed E-state index contributed by atoms with van der Waals surface area (Å²) in [6.07, 6.45) is 0.148. The molecule has 2 amide bonds. The average Bonchev–Trinajstić information content (AvgIpc) is 2.49. The Morgan fingerprint density at radius 1 is 1.04 bits per heavy atom. The Bertz CT molecular complexity index is 681. The van der Waals surface area contributed by atoms with Crippen LogP contribution in [0.1, 0.15) is 30.5 Å². The fraction of sp³-hybridized carbons (Fsp3) is 0.222. The van der Waals surface area contributed by atoms with Crippen molar-refractivity contribution in [1.82, 2.24) is 5.32 Å². The van der Waals surface area contributed by atoms with Crippen LogP contribution in [-0.4, -0.2) is 11.8 Å². The quantitative estimate of drug-likeness (QED) is 0.874. The Morgan fingerprint density at radius 3 is 2.22 bits per heavy atom. The summed E-state index contributed by atoms with van der Waals surface area (Å²) in [7, 11) is 0. The number of carbonyl (C=O) groups is 2. The van der Waals surface area contributed by atoms with Gasteiger partial charge < -0.3 is 10.6 Å². The van der Waals surface area contributed by atoms with Crippen molar-refractivity contribution < 1.29 is 9.59 Å². The van der Waals surface area contributed by atoms with Crippen LogP contribution in [0.15, 0.2) is 48.5 Å². The van der Waals surface area contributed by atoms with Gasteiger partial charge in [-0.2, -0.15) is 0 Å². The minimum Gasteiger partial charge on any atom is -0.349 e. The maximum atomic E-state index is 12.2. The topological polar surface area (TPSA) is 58.2 Å². The number of anilines is 1. The van der Waals surface area contributed by atoms with Crippen LogP contribution < -0.4 is 10.6 Å². The van der Waals surface area contributed by atoms with Crippen LogP contribution in [0, 0.1) is 6.92 Å². The van der Waals surface area contributed by atoms with Gasteiger partial charge in [0.1, 0.15) is 0 Å². The van der Waals surface area contributed by atoms with Crippen molar-refractivity contribution in [2.75, 3.05) is 5.32 Å². The first-order valence-electron chi connectivity index (χ1n) is 7.33. The molecule has 1 unspecified atom stereocenters. The third-order valence-corrected chi connectivity index (χ3v) is 3.63. The van der Waals surface area contributed by atoms with E-state index in [0.29, 0.717) is 5.02 Å². The van der Waals surface area contributed by atoms with Crippen molar-refractivity contribution in [3.8, 4) is 0 Å². The standard InChI is InChI=1S/C18H19ClN2O2/c1-12-3-9-16(10-4-12)21-18(23)11-17(20-13(2)22)14-5-7-15(19)8-6-14/h3-10,17H,11H2,1-2H3,(H,20,22)(H,21,23). The molecule has 0 bridgehead atoms. The van der Waals surface area contributed by atoms with Crippen LogP contribution >= 0.6 is 11.6 Å². The molecule has 0 aromatic heterocycles. The first kappa shape index (κ1) is 17.0. The molecule has 0 fully saturated rings. The molecule has 0 aliphatic rings. The second-order valence-corrected chi connectivity index (χ2v) is 5.86. The summed E-state index contributed by atoms with van der Waals surface area (Å²) in [6.45, 7) is 3.42. The largest absolute Gasteiger partial charge is 0.349 e. The molecular weight excluding hydrogens is 312 g/mol. The monoisotopic (exact) mass is 330 g/mol. The fourth-order valence-corrected chi connectivity index (χ4v) is 2.35. The molecule has 0 saturated heterocycles.